The fourth-order valence-corrected chi connectivity index (χ4v) is 4.37. The van der Waals surface area contributed by atoms with Crippen LogP contribution in [-0.2, 0) is 35.0 Å². The largest absolute Gasteiger partial charge is 0.465 e. The highest BCUT2D eigenvalue weighted by Gasteiger charge is 2.32. The molecule has 1 N–H and O–H groups in total. The van der Waals surface area contributed by atoms with Crippen LogP contribution in [0.25, 0.3) is 21.8 Å². The highest BCUT2D eigenvalue weighted by atomic mass is 35.5. The number of rotatable bonds is 5. The van der Waals surface area contributed by atoms with Crippen molar-refractivity contribution >= 4 is 51.0 Å². The number of fused-ring (bicyclic) bond motifs is 2. The topological polar surface area (TPSA) is 90.5 Å². The zero-order valence-corrected chi connectivity index (χ0v) is 22.5. The number of nitrogens with zero attached hydrogens (tertiary/aromatic N) is 2. The summed E-state index contributed by atoms with van der Waals surface area (Å²) in [6.45, 7) is 0.762. The number of hydrogen-bond donors (Lipinski definition) is 1. The van der Waals surface area contributed by atoms with E-state index in [-0.39, 0.29) is 46.2 Å². The zero-order chi connectivity index (χ0) is 30.7. The summed E-state index contributed by atoms with van der Waals surface area (Å²) in [4.78, 5) is 35.2. The third-order valence-corrected chi connectivity index (χ3v) is 6.32. The Kier molecular flexibility index (Phi) is 9.77. The van der Waals surface area contributed by atoms with Gasteiger partial charge in [0, 0.05) is 29.4 Å². The van der Waals surface area contributed by atoms with Crippen LogP contribution in [0.15, 0.2) is 58.1 Å². The van der Waals surface area contributed by atoms with E-state index in [1.54, 1.807) is 6.92 Å². The second-order valence-electron chi connectivity index (χ2n) is 8.39. The first-order chi connectivity index (χ1) is 19.1. The van der Waals surface area contributed by atoms with Crippen LogP contribution in [0.5, 0.6) is 0 Å². The van der Waals surface area contributed by atoms with Gasteiger partial charge in [-0.15, -0.1) is 0 Å². The summed E-state index contributed by atoms with van der Waals surface area (Å²) in [6.07, 6.45) is -9.07. The molecule has 0 atom stereocenters. The van der Waals surface area contributed by atoms with E-state index >= 15 is 0 Å². The van der Waals surface area contributed by atoms with Gasteiger partial charge in [0.05, 0.1) is 45.4 Å². The predicted molar refractivity (Wildman–Crippen MR) is 140 cm³/mol. The Morgan fingerprint density at radius 3 is 1.66 bits per heavy atom. The monoisotopic (exact) mass is 624 g/mol. The predicted octanol–water partition coefficient (Wildman–Crippen LogP) is 5.90. The molecule has 7 nitrogen and oxygen atoms in total. The number of aromatic nitrogens is 2. The van der Waals surface area contributed by atoms with Crippen LogP contribution < -0.4 is 11.1 Å². The SMILES string of the molecule is CCOC(=O)Cn1c(=O)cc(Cl)c2ccc(C(F)(F)F)cc21.O=c1cc(Cl)c2ccc(C(F)(F)F)cc2n1CCO. The molecule has 0 bridgehead atoms. The van der Waals surface area contributed by atoms with Gasteiger partial charge in [-0.05, 0) is 31.2 Å². The lowest BCUT2D eigenvalue weighted by Gasteiger charge is -2.13. The van der Waals surface area contributed by atoms with Gasteiger partial charge >= 0.3 is 18.3 Å². The first-order valence-electron chi connectivity index (χ1n) is 11.7. The van der Waals surface area contributed by atoms with Crippen LogP contribution in [0, 0.1) is 0 Å². The first kappa shape index (κ1) is 32.0. The second kappa shape index (κ2) is 12.5. The van der Waals surface area contributed by atoms with E-state index in [9.17, 15) is 40.7 Å². The van der Waals surface area contributed by atoms with Crippen molar-refractivity contribution in [2.75, 3.05) is 13.2 Å². The van der Waals surface area contributed by atoms with Crippen molar-refractivity contribution in [1.29, 1.82) is 0 Å². The minimum absolute atomic E-state index is 0.0221. The number of aliphatic hydroxyl groups is 1. The Hall–Kier alpha value is -3.55. The van der Waals surface area contributed by atoms with Crippen LogP contribution in [0.3, 0.4) is 0 Å². The molecule has 15 heteroatoms. The summed E-state index contributed by atoms with van der Waals surface area (Å²) in [7, 11) is 0. The fraction of sp³-hybridized carbons (Fsp3) is 0.269. The smallest absolute Gasteiger partial charge is 0.416 e. The summed E-state index contributed by atoms with van der Waals surface area (Å²) in [6, 6.07) is 7.98. The molecule has 0 saturated heterocycles. The fourth-order valence-electron chi connectivity index (χ4n) is 3.86. The molecule has 0 aliphatic rings. The number of hydrogen-bond acceptors (Lipinski definition) is 5. The van der Waals surface area contributed by atoms with Crippen molar-refractivity contribution in [3.8, 4) is 0 Å². The van der Waals surface area contributed by atoms with Gasteiger partial charge in [0.25, 0.3) is 11.1 Å². The number of carbonyl (C=O) groups is 1. The number of alkyl halides is 6. The van der Waals surface area contributed by atoms with Crippen molar-refractivity contribution < 1.29 is 41.0 Å². The van der Waals surface area contributed by atoms with Crippen molar-refractivity contribution in [3.63, 3.8) is 0 Å². The number of carbonyl (C=O) groups excluding carboxylic acids is 1. The maximum atomic E-state index is 12.8. The molecule has 0 radical (unpaired) electrons. The molecule has 0 fully saturated rings. The highest BCUT2D eigenvalue weighted by Crippen LogP contribution is 2.34. The summed E-state index contributed by atoms with van der Waals surface area (Å²) in [5.41, 5.74) is -3.04. The van der Waals surface area contributed by atoms with Crippen LogP contribution in [-0.4, -0.2) is 33.4 Å². The maximum absolute atomic E-state index is 12.8. The molecule has 0 spiro atoms. The molecule has 0 saturated carbocycles. The van der Waals surface area contributed by atoms with Crippen molar-refractivity contribution in [2.45, 2.75) is 32.4 Å². The lowest BCUT2D eigenvalue weighted by Crippen LogP contribution is -2.25. The zero-order valence-electron chi connectivity index (χ0n) is 20.9. The Labute approximate surface area is 237 Å². The van der Waals surface area contributed by atoms with Gasteiger partial charge in [0.15, 0.2) is 0 Å². The van der Waals surface area contributed by atoms with Crippen molar-refractivity contribution in [1.82, 2.24) is 9.13 Å². The Balaban J connectivity index is 0.000000228. The molecular weight excluding hydrogens is 605 g/mol. The molecule has 0 aliphatic carbocycles. The van der Waals surface area contributed by atoms with Gasteiger partial charge in [0.1, 0.15) is 6.54 Å². The summed E-state index contributed by atoms with van der Waals surface area (Å²) in [5.74, 6) is -0.717. The quantitative estimate of drug-likeness (QED) is 0.220. The van der Waals surface area contributed by atoms with Gasteiger partial charge in [-0.25, -0.2) is 0 Å². The molecule has 0 aliphatic heterocycles. The molecule has 4 rings (SSSR count). The van der Waals surface area contributed by atoms with E-state index in [1.165, 1.54) is 12.1 Å². The van der Waals surface area contributed by atoms with Gasteiger partial charge in [0.2, 0.25) is 0 Å². The second-order valence-corrected chi connectivity index (χ2v) is 9.20. The van der Waals surface area contributed by atoms with Crippen molar-refractivity contribution in [2.24, 2.45) is 0 Å². The van der Waals surface area contributed by atoms with Crippen LogP contribution in [0.4, 0.5) is 26.3 Å². The lowest BCUT2D eigenvalue weighted by atomic mass is 10.1. The molecule has 0 unspecified atom stereocenters. The number of aliphatic hydroxyl groups excluding tert-OH is 1. The Morgan fingerprint density at radius 2 is 1.24 bits per heavy atom. The van der Waals surface area contributed by atoms with Gasteiger partial charge in [-0.3, -0.25) is 19.0 Å². The molecule has 0 amide bonds. The Bertz CT molecular complexity index is 1710. The molecule has 4 aromatic rings. The van der Waals surface area contributed by atoms with Crippen molar-refractivity contribution in [3.05, 3.63) is 90.4 Å². The minimum atomic E-state index is -4.57. The van der Waals surface area contributed by atoms with E-state index in [2.05, 4.69) is 0 Å². The highest BCUT2D eigenvalue weighted by molar-refractivity contribution is 6.35. The van der Waals surface area contributed by atoms with E-state index < -0.39 is 47.1 Å². The summed E-state index contributed by atoms with van der Waals surface area (Å²) in [5, 5.41) is 9.58. The molecular formula is C26H20Cl2F6N2O5. The van der Waals surface area contributed by atoms with E-state index in [1.807, 2.05) is 0 Å². The number of benzene rings is 2. The van der Waals surface area contributed by atoms with Crippen LogP contribution in [0.2, 0.25) is 10.0 Å². The minimum Gasteiger partial charge on any atom is -0.465 e. The number of halogens is 8. The first-order valence-corrected chi connectivity index (χ1v) is 12.4. The van der Waals surface area contributed by atoms with Crippen LogP contribution >= 0.6 is 23.2 Å². The van der Waals surface area contributed by atoms with Crippen LogP contribution in [0.1, 0.15) is 18.1 Å². The maximum Gasteiger partial charge on any atom is 0.416 e. The molecule has 41 heavy (non-hydrogen) atoms. The number of ether oxygens (including phenoxy) is 1. The van der Waals surface area contributed by atoms with E-state index in [0.717, 1.165) is 45.5 Å². The lowest BCUT2D eigenvalue weighted by molar-refractivity contribution is -0.143. The number of esters is 1. The average Bonchev–Trinajstić information content (AvgIpc) is 2.88. The third-order valence-electron chi connectivity index (χ3n) is 5.69. The Morgan fingerprint density at radius 1 is 0.805 bits per heavy atom. The van der Waals surface area contributed by atoms with Gasteiger partial charge in [-0.1, -0.05) is 35.3 Å². The molecule has 2 heterocycles. The summed E-state index contributed by atoms with van der Waals surface area (Å²) < 4.78 is 83.2. The molecule has 2 aromatic carbocycles. The van der Waals surface area contributed by atoms with E-state index in [4.69, 9.17) is 33.0 Å². The van der Waals surface area contributed by atoms with Gasteiger partial charge in [-0.2, -0.15) is 26.3 Å². The third kappa shape index (κ3) is 7.40. The summed E-state index contributed by atoms with van der Waals surface area (Å²) >= 11 is 11.7. The molecule has 220 valence electrons. The molecule has 2 aromatic heterocycles. The number of pyridine rings is 2. The average molecular weight is 625 g/mol. The van der Waals surface area contributed by atoms with Gasteiger partial charge < -0.3 is 14.4 Å². The normalized spacial score (nSPS) is 11.9. The van der Waals surface area contributed by atoms with E-state index in [0.29, 0.717) is 5.39 Å². The standard InChI is InChI=1S/C14H11ClF3NO3.C12H9ClF3NO2/c1-2-22-13(21)7-19-11-5-8(14(16,17)18)3-4-9(11)10(15)6-12(19)20;13-9-6-11(19)17(3-4-18)10-5-7(12(14,15)16)1-2-8(9)10/h3-6H,2,7H2,1H3;1-2,5-6,18H,3-4H2.